The minimum atomic E-state index is -0.247. The van der Waals surface area contributed by atoms with Crippen LogP contribution in [0.25, 0.3) is 0 Å². The molecule has 0 heterocycles. The first-order valence-electron chi connectivity index (χ1n) is 5.19. The summed E-state index contributed by atoms with van der Waals surface area (Å²) in [5.74, 6) is -0.247. The Balaban J connectivity index is 2.09. The molecular weight excluding hydrogens is 429 g/mol. The lowest BCUT2D eigenvalue weighted by molar-refractivity contribution is 0.620. The maximum atomic E-state index is 13.1. The lowest BCUT2D eigenvalue weighted by Crippen LogP contribution is -2.00. The summed E-state index contributed by atoms with van der Waals surface area (Å²) in [6, 6.07) is 10.9. The smallest absolute Gasteiger partial charge is 0.137 e. The van der Waals surface area contributed by atoms with Crippen molar-refractivity contribution in [2.75, 3.05) is 5.32 Å². The number of halogens is 4. The Morgan fingerprint density at radius 2 is 1.72 bits per heavy atom. The highest BCUT2D eigenvalue weighted by molar-refractivity contribution is 9.11. The predicted molar refractivity (Wildman–Crippen MR) is 83.3 cm³/mol. The predicted octanol–water partition coefficient (Wildman–Crippen LogP) is 5.73. The summed E-state index contributed by atoms with van der Waals surface area (Å²) in [7, 11) is 0. The van der Waals surface area contributed by atoms with E-state index in [-0.39, 0.29) is 5.82 Å². The number of hydrogen-bond acceptors (Lipinski definition) is 1. The first-order valence-corrected chi connectivity index (χ1v) is 7.57. The van der Waals surface area contributed by atoms with Crippen molar-refractivity contribution in [2.45, 2.75) is 6.54 Å². The maximum absolute atomic E-state index is 13.1. The fourth-order valence-corrected chi connectivity index (χ4v) is 3.09. The van der Waals surface area contributed by atoms with Crippen LogP contribution in [0.2, 0.25) is 0 Å². The highest BCUT2D eigenvalue weighted by atomic mass is 79.9. The normalized spacial score (nSPS) is 10.4. The Kier molecular flexibility index (Phi) is 4.81. The van der Waals surface area contributed by atoms with Gasteiger partial charge in [0.15, 0.2) is 0 Å². The van der Waals surface area contributed by atoms with Crippen LogP contribution in [0.5, 0.6) is 0 Å². The molecule has 0 aromatic heterocycles. The maximum Gasteiger partial charge on any atom is 0.137 e. The number of benzene rings is 2. The zero-order chi connectivity index (χ0) is 13.1. The highest BCUT2D eigenvalue weighted by Crippen LogP contribution is 2.27. The van der Waals surface area contributed by atoms with Crippen molar-refractivity contribution in [1.29, 1.82) is 0 Å². The number of nitrogens with one attached hydrogen (secondary N) is 1. The Morgan fingerprint density at radius 3 is 2.39 bits per heavy atom. The number of anilines is 1. The van der Waals surface area contributed by atoms with Gasteiger partial charge in [0, 0.05) is 21.2 Å². The van der Waals surface area contributed by atoms with Crippen molar-refractivity contribution in [3.63, 3.8) is 0 Å². The van der Waals surface area contributed by atoms with Crippen molar-refractivity contribution in [3.8, 4) is 0 Å². The van der Waals surface area contributed by atoms with Crippen LogP contribution in [-0.4, -0.2) is 0 Å². The Labute approximate surface area is 130 Å². The second-order valence-electron chi connectivity index (χ2n) is 3.73. The van der Waals surface area contributed by atoms with E-state index in [1.165, 1.54) is 6.07 Å². The summed E-state index contributed by atoms with van der Waals surface area (Å²) in [6.45, 7) is 0.638. The number of hydrogen-bond donors (Lipinski definition) is 1. The Morgan fingerprint density at radius 1 is 0.944 bits per heavy atom. The van der Waals surface area contributed by atoms with Crippen molar-refractivity contribution in [1.82, 2.24) is 0 Å². The molecule has 0 aliphatic rings. The van der Waals surface area contributed by atoms with Gasteiger partial charge in [-0.3, -0.25) is 0 Å². The van der Waals surface area contributed by atoms with Crippen molar-refractivity contribution < 1.29 is 4.39 Å². The number of rotatable bonds is 3. The molecule has 94 valence electrons. The summed E-state index contributed by atoms with van der Waals surface area (Å²) in [5.41, 5.74) is 2.01. The lowest BCUT2D eigenvalue weighted by atomic mass is 10.2. The zero-order valence-electron chi connectivity index (χ0n) is 9.18. The second-order valence-corrected chi connectivity index (χ2v) is 6.35. The zero-order valence-corrected chi connectivity index (χ0v) is 13.9. The van der Waals surface area contributed by atoms with Crippen LogP contribution in [0.1, 0.15) is 5.56 Å². The molecule has 0 fully saturated rings. The van der Waals surface area contributed by atoms with E-state index in [1.54, 1.807) is 12.1 Å². The van der Waals surface area contributed by atoms with Crippen LogP contribution in [0.15, 0.2) is 49.8 Å². The van der Waals surface area contributed by atoms with Gasteiger partial charge in [0.05, 0.1) is 4.47 Å². The van der Waals surface area contributed by atoms with Gasteiger partial charge >= 0.3 is 0 Å². The van der Waals surface area contributed by atoms with Gasteiger partial charge < -0.3 is 5.32 Å². The molecule has 0 saturated carbocycles. The minimum absolute atomic E-state index is 0.247. The van der Waals surface area contributed by atoms with Crippen LogP contribution in [0, 0.1) is 5.82 Å². The molecular formula is C13H9Br3FN. The summed E-state index contributed by atoms with van der Waals surface area (Å²) in [4.78, 5) is 0. The van der Waals surface area contributed by atoms with E-state index in [9.17, 15) is 4.39 Å². The minimum Gasteiger partial charge on any atom is -0.380 e. The van der Waals surface area contributed by atoms with Crippen molar-refractivity contribution >= 4 is 53.5 Å². The van der Waals surface area contributed by atoms with Crippen LogP contribution >= 0.6 is 47.8 Å². The fourth-order valence-electron chi connectivity index (χ4n) is 1.48. The summed E-state index contributed by atoms with van der Waals surface area (Å²) in [5, 5.41) is 3.29. The summed E-state index contributed by atoms with van der Waals surface area (Å²) >= 11 is 10.1. The molecule has 0 bridgehead atoms. The monoisotopic (exact) mass is 435 g/mol. The van der Waals surface area contributed by atoms with E-state index < -0.39 is 0 Å². The molecule has 0 amide bonds. The SMILES string of the molecule is Fc1ccc(CNc2ccc(Br)cc2Br)cc1Br. The molecule has 2 aromatic rings. The van der Waals surface area contributed by atoms with Crippen LogP contribution in [0.4, 0.5) is 10.1 Å². The molecule has 1 nitrogen and oxygen atoms in total. The van der Waals surface area contributed by atoms with Gasteiger partial charge in [0.25, 0.3) is 0 Å². The Bertz CT molecular complexity index is 572. The van der Waals surface area contributed by atoms with E-state index in [1.807, 2.05) is 18.2 Å². The second kappa shape index (κ2) is 6.17. The standard InChI is InChI=1S/C13H9Br3FN/c14-9-2-4-13(11(16)6-9)18-7-8-1-3-12(17)10(15)5-8/h1-6,18H,7H2. The van der Waals surface area contributed by atoms with Gasteiger partial charge in [-0.1, -0.05) is 22.0 Å². The first kappa shape index (κ1) is 14.0. The molecule has 0 saturated heterocycles. The molecule has 1 N–H and O–H groups in total. The quantitative estimate of drug-likeness (QED) is 0.647. The van der Waals surface area contributed by atoms with Gasteiger partial charge in [-0.2, -0.15) is 0 Å². The van der Waals surface area contributed by atoms with Crippen molar-refractivity contribution in [3.05, 3.63) is 61.2 Å². The first-order chi connectivity index (χ1) is 8.56. The van der Waals surface area contributed by atoms with E-state index in [0.29, 0.717) is 11.0 Å². The van der Waals surface area contributed by atoms with Crippen molar-refractivity contribution in [2.24, 2.45) is 0 Å². The topological polar surface area (TPSA) is 12.0 Å². The molecule has 0 aliphatic carbocycles. The van der Waals surface area contributed by atoms with E-state index >= 15 is 0 Å². The van der Waals surface area contributed by atoms with Crippen LogP contribution in [-0.2, 0) is 6.54 Å². The van der Waals surface area contributed by atoms with E-state index in [2.05, 4.69) is 53.1 Å². The summed E-state index contributed by atoms with van der Waals surface area (Å²) in [6.07, 6.45) is 0. The van der Waals surface area contributed by atoms with Gasteiger partial charge in [-0.05, 0) is 67.8 Å². The molecule has 2 rings (SSSR count). The molecule has 0 radical (unpaired) electrons. The van der Waals surface area contributed by atoms with Gasteiger partial charge in [0.1, 0.15) is 5.82 Å². The molecule has 5 heteroatoms. The fraction of sp³-hybridized carbons (Fsp3) is 0.0769. The lowest BCUT2D eigenvalue weighted by Gasteiger charge is -2.09. The molecule has 2 aromatic carbocycles. The van der Waals surface area contributed by atoms with Gasteiger partial charge in [-0.25, -0.2) is 4.39 Å². The van der Waals surface area contributed by atoms with E-state index in [4.69, 9.17) is 0 Å². The third kappa shape index (κ3) is 3.56. The third-order valence-corrected chi connectivity index (χ3v) is 4.16. The van der Waals surface area contributed by atoms with Gasteiger partial charge in [0.2, 0.25) is 0 Å². The molecule has 0 unspecified atom stereocenters. The highest BCUT2D eigenvalue weighted by Gasteiger charge is 2.03. The third-order valence-electron chi connectivity index (χ3n) is 2.40. The average Bonchev–Trinajstić information content (AvgIpc) is 2.32. The van der Waals surface area contributed by atoms with Gasteiger partial charge in [-0.15, -0.1) is 0 Å². The molecule has 0 atom stereocenters. The molecule has 0 spiro atoms. The van der Waals surface area contributed by atoms with E-state index in [0.717, 1.165) is 20.2 Å². The average molecular weight is 438 g/mol. The Hall–Kier alpha value is -0.390. The van der Waals surface area contributed by atoms with Crippen LogP contribution < -0.4 is 5.32 Å². The molecule has 0 aliphatic heterocycles. The largest absolute Gasteiger partial charge is 0.380 e. The molecule has 18 heavy (non-hydrogen) atoms. The van der Waals surface area contributed by atoms with Crippen LogP contribution in [0.3, 0.4) is 0 Å². The summed E-state index contributed by atoms with van der Waals surface area (Å²) < 4.78 is 15.6.